The van der Waals surface area contributed by atoms with Crippen LogP contribution in [0.3, 0.4) is 0 Å². The van der Waals surface area contributed by atoms with E-state index in [0.29, 0.717) is 19.5 Å². The zero-order valence-electron chi connectivity index (χ0n) is 10.2. The Kier molecular flexibility index (Phi) is 5.10. The number of rotatable bonds is 6. The molecule has 1 atom stereocenters. The highest BCUT2D eigenvalue weighted by Crippen LogP contribution is 2.08. The fourth-order valence-electron chi connectivity index (χ4n) is 1.56. The van der Waals surface area contributed by atoms with Crippen LogP contribution in [-0.2, 0) is 11.3 Å². The highest BCUT2D eigenvalue weighted by molar-refractivity contribution is 5.69. The molecule has 1 N–H and O–H groups in total. The summed E-state index contributed by atoms with van der Waals surface area (Å²) in [7, 11) is 1.90. The molecule has 0 aromatic heterocycles. The van der Waals surface area contributed by atoms with Gasteiger partial charge in [0, 0.05) is 6.54 Å². The van der Waals surface area contributed by atoms with Crippen molar-refractivity contribution in [2.24, 2.45) is 5.92 Å². The molecule has 0 spiro atoms. The first-order chi connectivity index (χ1) is 7.99. The van der Waals surface area contributed by atoms with Gasteiger partial charge in [-0.15, -0.1) is 0 Å². The van der Waals surface area contributed by atoms with Crippen LogP contribution in [0.25, 0.3) is 0 Å². The maximum atomic E-state index is 12.9. The third kappa shape index (κ3) is 4.95. The summed E-state index contributed by atoms with van der Waals surface area (Å²) < 4.78 is 12.9. The van der Waals surface area contributed by atoms with Crippen molar-refractivity contribution in [3.8, 4) is 0 Å². The van der Waals surface area contributed by atoms with Gasteiger partial charge in [-0.3, -0.25) is 4.79 Å². The molecule has 1 unspecified atom stereocenters. The van der Waals surface area contributed by atoms with E-state index in [1.807, 2.05) is 18.0 Å². The Bertz CT molecular complexity index is 381. The molecular formula is C13H18FNO2. The van der Waals surface area contributed by atoms with Gasteiger partial charge in [-0.2, -0.15) is 0 Å². The second-order valence-corrected chi connectivity index (χ2v) is 4.40. The van der Waals surface area contributed by atoms with Crippen molar-refractivity contribution in [3.63, 3.8) is 0 Å². The van der Waals surface area contributed by atoms with Crippen molar-refractivity contribution in [2.45, 2.75) is 19.9 Å². The summed E-state index contributed by atoms with van der Waals surface area (Å²) in [5, 5.41) is 8.75. The lowest BCUT2D eigenvalue weighted by atomic mass is 10.1. The maximum absolute atomic E-state index is 12.9. The quantitative estimate of drug-likeness (QED) is 0.828. The van der Waals surface area contributed by atoms with Gasteiger partial charge in [-0.25, -0.2) is 4.39 Å². The fraction of sp³-hybridized carbons (Fsp3) is 0.462. The van der Waals surface area contributed by atoms with Gasteiger partial charge in [-0.05, 0) is 37.7 Å². The van der Waals surface area contributed by atoms with Crippen LogP contribution in [0.5, 0.6) is 0 Å². The lowest BCUT2D eigenvalue weighted by Gasteiger charge is -2.17. The summed E-state index contributed by atoms with van der Waals surface area (Å²) in [4.78, 5) is 12.6. The number of carboxylic acid groups (broad SMARTS) is 1. The highest BCUT2D eigenvalue weighted by Gasteiger charge is 2.11. The van der Waals surface area contributed by atoms with E-state index in [1.165, 1.54) is 12.1 Å². The lowest BCUT2D eigenvalue weighted by Crippen LogP contribution is -2.23. The number of nitrogens with zero attached hydrogens (tertiary/aromatic N) is 1. The normalized spacial score (nSPS) is 12.7. The van der Waals surface area contributed by atoms with Crippen LogP contribution in [0.15, 0.2) is 24.3 Å². The second kappa shape index (κ2) is 6.35. The van der Waals surface area contributed by atoms with E-state index in [2.05, 4.69) is 0 Å². The Morgan fingerprint density at radius 3 is 2.82 bits per heavy atom. The molecule has 0 aliphatic carbocycles. The number of aliphatic carboxylic acids is 1. The minimum absolute atomic E-state index is 0.241. The molecule has 0 amide bonds. The van der Waals surface area contributed by atoms with Crippen LogP contribution in [0.4, 0.5) is 4.39 Å². The summed E-state index contributed by atoms with van der Waals surface area (Å²) in [6, 6.07) is 6.45. The zero-order chi connectivity index (χ0) is 12.8. The molecule has 94 valence electrons. The predicted octanol–water partition coefficient (Wildman–Crippen LogP) is 2.37. The fourth-order valence-corrected chi connectivity index (χ4v) is 1.56. The Hall–Kier alpha value is -1.42. The summed E-state index contributed by atoms with van der Waals surface area (Å²) in [5.41, 5.74) is 0.899. The van der Waals surface area contributed by atoms with E-state index >= 15 is 0 Å². The van der Waals surface area contributed by atoms with Gasteiger partial charge in [0.15, 0.2) is 0 Å². The van der Waals surface area contributed by atoms with E-state index in [4.69, 9.17) is 5.11 Å². The molecule has 17 heavy (non-hydrogen) atoms. The highest BCUT2D eigenvalue weighted by atomic mass is 19.1. The molecular weight excluding hydrogens is 221 g/mol. The average Bonchev–Trinajstić information content (AvgIpc) is 2.25. The van der Waals surface area contributed by atoms with Crippen LogP contribution < -0.4 is 0 Å². The number of carboxylic acids is 1. The Labute approximate surface area is 101 Å². The monoisotopic (exact) mass is 239 g/mol. The number of benzene rings is 1. The molecule has 0 bridgehead atoms. The molecule has 1 rings (SSSR count). The van der Waals surface area contributed by atoms with E-state index in [9.17, 15) is 9.18 Å². The summed E-state index contributed by atoms with van der Waals surface area (Å²) in [5.74, 6) is -1.36. The van der Waals surface area contributed by atoms with Crippen molar-refractivity contribution >= 4 is 5.97 Å². The topological polar surface area (TPSA) is 40.5 Å². The Morgan fingerprint density at radius 2 is 2.24 bits per heavy atom. The summed E-state index contributed by atoms with van der Waals surface area (Å²) >= 11 is 0. The summed E-state index contributed by atoms with van der Waals surface area (Å²) in [6.07, 6.45) is 0.598. The van der Waals surface area contributed by atoms with Crippen molar-refractivity contribution < 1.29 is 14.3 Å². The minimum atomic E-state index is -0.774. The molecule has 0 aliphatic rings. The van der Waals surface area contributed by atoms with Crippen molar-refractivity contribution in [1.29, 1.82) is 0 Å². The molecule has 1 aromatic carbocycles. The van der Waals surface area contributed by atoms with Crippen LogP contribution in [0.2, 0.25) is 0 Å². The first kappa shape index (κ1) is 13.6. The van der Waals surface area contributed by atoms with Crippen LogP contribution in [0, 0.1) is 11.7 Å². The van der Waals surface area contributed by atoms with Crippen molar-refractivity contribution in [1.82, 2.24) is 4.90 Å². The van der Waals surface area contributed by atoms with Gasteiger partial charge in [0.25, 0.3) is 0 Å². The molecule has 0 radical (unpaired) electrons. The molecule has 3 nitrogen and oxygen atoms in total. The van der Waals surface area contributed by atoms with Gasteiger partial charge >= 0.3 is 5.97 Å². The molecule has 0 saturated carbocycles. The average molecular weight is 239 g/mol. The smallest absolute Gasteiger partial charge is 0.306 e. The first-order valence-electron chi connectivity index (χ1n) is 5.65. The predicted molar refractivity (Wildman–Crippen MR) is 64.2 cm³/mol. The van der Waals surface area contributed by atoms with Gasteiger partial charge < -0.3 is 10.0 Å². The standard InChI is InChI=1S/C13H18FNO2/c1-10(13(16)17)6-7-15(2)9-11-4-3-5-12(14)8-11/h3-5,8,10H,6-7,9H2,1-2H3,(H,16,17). The number of hydrogen-bond donors (Lipinski definition) is 1. The zero-order valence-corrected chi connectivity index (χ0v) is 10.2. The Balaban J connectivity index is 2.39. The molecule has 0 aliphatic heterocycles. The first-order valence-corrected chi connectivity index (χ1v) is 5.65. The van der Waals surface area contributed by atoms with E-state index in [-0.39, 0.29) is 11.7 Å². The molecule has 4 heteroatoms. The minimum Gasteiger partial charge on any atom is -0.481 e. The van der Waals surface area contributed by atoms with E-state index in [0.717, 1.165) is 5.56 Å². The third-order valence-corrected chi connectivity index (χ3v) is 2.71. The molecule has 0 fully saturated rings. The van der Waals surface area contributed by atoms with Crippen molar-refractivity contribution in [3.05, 3.63) is 35.6 Å². The third-order valence-electron chi connectivity index (χ3n) is 2.71. The molecule has 1 aromatic rings. The Morgan fingerprint density at radius 1 is 1.53 bits per heavy atom. The van der Waals surface area contributed by atoms with Gasteiger partial charge in [0.2, 0.25) is 0 Å². The van der Waals surface area contributed by atoms with Crippen LogP contribution in [0.1, 0.15) is 18.9 Å². The van der Waals surface area contributed by atoms with Gasteiger partial charge in [0.05, 0.1) is 5.92 Å². The second-order valence-electron chi connectivity index (χ2n) is 4.40. The number of hydrogen-bond acceptors (Lipinski definition) is 2. The van der Waals surface area contributed by atoms with E-state index in [1.54, 1.807) is 13.0 Å². The molecule has 0 saturated heterocycles. The van der Waals surface area contributed by atoms with Gasteiger partial charge in [0.1, 0.15) is 5.82 Å². The van der Waals surface area contributed by atoms with E-state index < -0.39 is 5.97 Å². The van der Waals surface area contributed by atoms with Crippen molar-refractivity contribution in [2.75, 3.05) is 13.6 Å². The SMILES string of the molecule is CC(CCN(C)Cc1cccc(F)c1)C(=O)O. The summed E-state index contributed by atoms with van der Waals surface area (Å²) in [6.45, 7) is 3.01. The number of halogens is 1. The maximum Gasteiger partial charge on any atom is 0.306 e. The largest absolute Gasteiger partial charge is 0.481 e. The van der Waals surface area contributed by atoms with Gasteiger partial charge in [-0.1, -0.05) is 19.1 Å². The number of carbonyl (C=O) groups is 1. The lowest BCUT2D eigenvalue weighted by molar-refractivity contribution is -0.141. The van der Waals surface area contributed by atoms with Crippen LogP contribution >= 0.6 is 0 Å². The molecule has 0 heterocycles. The van der Waals surface area contributed by atoms with Crippen LogP contribution in [-0.4, -0.2) is 29.6 Å².